The van der Waals surface area contributed by atoms with Crippen LogP contribution in [0.25, 0.3) is 0 Å². The summed E-state index contributed by atoms with van der Waals surface area (Å²) in [5.41, 5.74) is 2.69. The lowest BCUT2D eigenvalue weighted by Gasteiger charge is -2.36. The Balaban J connectivity index is 1.60. The maximum absolute atomic E-state index is 5.77. The molecule has 0 bridgehead atoms. The highest BCUT2D eigenvalue weighted by Gasteiger charge is 2.40. The molecule has 1 aliphatic heterocycles. The normalized spacial score (nSPS) is 22.8. The molecule has 19 heavy (non-hydrogen) atoms. The molecule has 0 amide bonds. The highest BCUT2D eigenvalue weighted by Crippen LogP contribution is 2.36. The van der Waals surface area contributed by atoms with Crippen molar-refractivity contribution in [3.05, 3.63) is 29.8 Å². The first-order valence-corrected chi connectivity index (χ1v) is 7.44. The molecule has 0 unspecified atom stereocenters. The molecule has 0 atom stereocenters. The molecule has 2 fully saturated rings. The van der Waals surface area contributed by atoms with Gasteiger partial charge in [-0.1, -0.05) is 25.1 Å². The van der Waals surface area contributed by atoms with E-state index in [4.69, 9.17) is 9.47 Å². The van der Waals surface area contributed by atoms with E-state index in [1.54, 1.807) is 0 Å². The average Bonchev–Trinajstić information content (AvgIpc) is 2.91. The number of nitrogens with one attached hydrogen (secondary N) is 1. The maximum Gasteiger partial charge on any atom is 0.168 e. The summed E-state index contributed by atoms with van der Waals surface area (Å²) in [5, 5.41) is 3.70. The quantitative estimate of drug-likeness (QED) is 0.905. The molecule has 1 aromatic rings. The zero-order valence-electron chi connectivity index (χ0n) is 11.7. The van der Waals surface area contributed by atoms with E-state index in [-0.39, 0.29) is 5.79 Å². The zero-order chi connectivity index (χ0) is 13.1. The Hall–Kier alpha value is -1.06. The van der Waals surface area contributed by atoms with Crippen LogP contribution in [-0.2, 0) is 15.9 Å². The van der Waals surface area contributed by atoms with Crippen molar-refractivity contribution >= 4 is 5.69 Å². The van der Waals surface area contributed by atoms with Gasteiger partial charge >= 0.3 is 0 Å². The molecular weight excluding hydrogens is 238 g/mol. The SMILES string of the molecule is CCc1ccccc1NC1CCC2(CC1)OCCO2. The molecule has 1 aliphatic carbocycles. The molecule has 0 aromatic heterocycles. The van der Waals surface area contributed by atoms with Crippen LogP contribution in [0.3, 0.4) is 0 Å². The first kappa shape index (κ1) is 12.9. The second-order valence-electron chi connectivity index (χ2n) is 5.54. The standard InChI is InChI=1S/C16H23NO2/c1-2-13-5-3-4-6-15(13)17-14-7-9-16(10-8-14)18-11-12-19-16/h3-6,14,17H,2,7-12H2,1H3. The number of para-hydroxylation sites is 1. The summed E-state index contributed by atoms with van der Waals surface area (Å²) < 4.78 is 11.5. The lowest BCUT2D eigenvalue weighted by molar-refractivity contribution is -0.177. The third kappa shape index (κ3) is 2.77. The molecular formula is C16H23NO2. The minimum absolute atomic E-state index is 0.248. The van der Waals surface area contributed by atoms with Crippen molar-refractivity contribution in [1.29, 1.82) is 0 Å². The van der Waals surface area contributed by atoms with Crippen molar-refractivity contribution in [2.24, 2.45) is 0 Å². The lowest BCUT2D eigenvalue weighted by atomic mass is 9.89. The van der Waals surface area contributed by atoms with Gasteiger partial charge in [0.25, 0.3) is 0 Å². The molecule has 0 radical (unpaired) electrons. The van der Waals surface area contributed by atoms with Gasteiger partial charge in [0, 0.05) is 24.6 Å². The molecule has 1 N–H and O–H groups in total. The maximum atomic E-state index is 5.77. The highest BCUT2D eigenvalue weighted by molar-refractivity contribution is 5.51. The van der Waals surface area contributed by atoms with Gasteiger partial charge in [0.15, 0.2) is 5.79 Å². The second kappa shape index (κ2) is 5.51. The topological polar surface area (TPSA) is 30.5 Å². The molecule has 2 aliphatic rings. The van der Waals surface area contributed by atoms with Crippen LogP contribution in [0.1, 0.15) is 38.2 Å². The first-order valence-electron chi connectivity index (χ1n) is 7.44. The number of hydrogen-bond donors (Lipinski definition) is 1. The summed E-state index contributed by atoms with van der Waals surface area (Å²) in [6.45, 7) is 3.73. The van der Waals surface area contributed by atoms with Gasteiger partial charge in [0.1, 0.15) is 0 Å². The van der Waals surface area contributed by atoms with Crippen molar-refractivity contribution in [2.45, 2.75) is 50.9 Å². The van der Waals surface area contributed by atoms with Gasteiger partial charge in [-0.25, -0.2) is 0 Å². The van der Waals surface area contributed by atoms with E-state index in [9.17, 15) is 0 Å². The monoisotopic (exact) mass is 261 g/mol. The van der Waals surface area contributed by atoms with Crippen LogP contribution in [0.5, 0.6) is 0 Å². The summed E-state index contributed by atoms with van der Waals surface area (Å²) in [6, 6.07) is 9.16. The van der Waals surface area contributed by atoms with Gasteiger partial charge in [-0.2, -0.15) is 0 Å². The minimum Gasteiger partial charge on any atom is -0.382 e. The van der Waals surface area contributed by atoms with Crippen molar-refractivity contribution < 1.29 is 9.47 Å². The number of ether oxygens (including phenoxy) is 2. The van der Waals surface area contributed by atoms with Gasteiger partial charge < -0.3 is 14.8 Å². The molecule has 1 saturated carbocycles. The Labute approximate surface area is 115 Å². The molecule has 1 heterocycles. The average molecular weight is 261 g/mol. The number of aryl methyl sites for hydroxylation is 1. The van der Waals surface area contributed by atoms with Crippen LogP contribution in [0.2, 0.25) is 0 Å². The Bertz CT molecular complexity index is 417. The number of benzene rings is 1. The van der Waals surface area contributed by atoms with Gasteiger partial charge in [-0.05, 0) is 30.9 Å². The minimum atomic E-state index is -0.248. The summed E-state index contributed by atoms with van der Waals surface area (Å²) in [6.07, 6.45) is 5.35. The fourth-order valence-electron chi connectivity index (χ4n) is 3.18. The van der Waals surface area contributed by atoms with Gasteiger partial charge in [0.2, 0.25) is 0 Å². The lowest BCUT2D eigenvalue weighted by Crippen LogP contribution is -2.39. The Morgan fingerprint density at radius 3 is 2.53 bits per heavy atom. The van der Waals surface area contributed by atoms with E-state index in [2.05, 4.69) is 36.5 Å². The fourth-order valence-corrected chi connectivity index (χ4v) is 3.18. The first-order chi connectivity index (χ1) is 9.31. The molecule has 1 saturated heterocycles. The second-order valence-corrected chi connectivity index (χ2v) is 5.54. The van der Waals surface area contributed by atoms with Crippen LogP contribution >= 0.6 is 0 Å². The third-order valence-electron chi connectivity index (χ3n) is 4.32. The summed E-state index contributed by atoms with van der Waals surface area (Å²) in [7, 11) is 0. The third-order valence-corrected chi connectivity index (χ3v) is 4.32. The number of rotatable bonds is 3. The van der Waals surface area contributed by atoms with E-state index >= 15 is 0 Å². The predicted molar refractivity (Wildman–Crippen MR) is 76.3 cm³/mol. The van der Waals surface area contributed by atoms with Crippen molar-refractivity contribution in [3.63, 3.8) is 0 Å². The van der Waals surface area contributed by atoms with Crippen LogP contribution < -0.4 is 5.32 Å². The Morgan fingerprint density at radius 1 is 1.16 bits per heavy atom. The smallest absolute Gasteiger partial charge is 0.168 e. The molecule has 1 aromatic carbocycles. The predicted octanol–water partition coefficient (Wildman–Crippen LogP) is 3.35. The summed E-state index contributed by atoms with van der Waals surface area (Å²) in [5.74, 6) is -0.248. The molecule has 3 heteroatoms. The Kier molecular flexibility index (Phi) is 3.76. The van der Waals surface area contributed by atoms with Crippen LogP contribution in [0.15, 0.2) is 24.3 Å². The van der Waals surface area contributed by atoms with E-state index in [0.29, 0.717) is 6.04 Å². The van der Waals surface area contributed by atoms with Crippen molar-refractivity contribution in [3.8, 4) is 0 Å². The van der Waals surface area contributed by atoms with Crippen molar-refractivity contribution in [2.75, 3.05) is 18.5 Å². The Morgan fingerprint density at radius 2 is 1.84 bits per heavy atom. The van der Waals surface area contributed by atoms with Gasteiger partial charge in [-0.3, -0.25) is 0 Å². The fraction of sp³-hybridized carbons (Fsp3) is 0.625. The molecule has 104 valence electrons. The van der Waals surface area contributed by atoms with E-state index < -0.39 is 0 Å². The van der Waals surface area contributed by atoms with Gasteiger partial charge in [0.05, 0.1) is 13.2 Å². The largest absolute Gasteiger partial charge is 0.382 e. The van der Waals surface area contributed by atoms with Crippen molar-refractivity contribution in [1.82, 2.24) is 0 Å². The van der Waals surface area contributed by atoms with E-state index in [1.165, 1.54) is 11.3 Å². The van der Waals surface area contributed by atoms with Crippen LogP contribution in [0.4, 0.5) is 5.69 Å². The molecule has 3 nitrogen and oxygen atoms in total. The highest BCUT2D eigenvalue weighted by atomic mass is 16.7. The van der Waals surface area contributed by atoms with Crippen LogP contribution in [-0.4, -0.2) is 25.0 Å². The van der Waals surface area contributed by atoms with Crippen LogP contribution in [0, 0.1) is 0 Å². The number of hydrogen-bond acceptors (Lipinski definition) is 3. The van der Waals surface area contributed by atoms with E-state index in [1.807, 2.05) is 0 Å². The van der Waals surface area contributed by atoms with Gasteiger partial charge in [-0.15, -0.1) is 0 Å². The number of anilines is 1. The molecule has 1 spiro atoms. The van der Waals surface area contributed by atoms with E-state index in [0.717, 1.165) is 45.3 Å². The summed E-state index contributed by atoms with van der Waals surface area (Å²) in [4.78, 5) is 0. The summed E-state index contributed by atoms with van der Waals surface area (Å²) >= 11 is 0. The zero-order valence-corrected chi connectivity index (χ0v) is 11.7. The molecule has 3 rings (SSSR count).